The Morgan fingerprint density at radius 2 is 2.30 bits per heavy atom. The topological polar surface area (TPSA) is 54.5 Å². The summed E-state index contributed by atoms with van der Waals surface area (Å²) in [5, 5.41) is 3.35. The molecule has 0 spiro atoms. The molecule has 3 aliphatic rings. The number of ether oxygens (including phenoxy) is 1. The fraction of sp³-hybridized carbons (Fsp3) is 0.571. The quantitative estimate of drug-likeness (QED) is 0.879. The maximum absolute atomic E-state index is 13.9. The van der Waals surface area contributed by atoms with Gasteiger partial charge >= 0.3 is 0 Å². The Morgan fingerprint density at radius 3 is 3.10 bits per heavy atom. The normalized spacial score (nSPS) is 25.4. The number of methoxy groups -OCH3 is 1. The molecule has 0 saturated carbocycles. The molecule has 3 fully saturated rings. The van der Waals surface area contributed by atoms with Gasteiger partial charge in [0.05, 0.1) is 7.11 Å². The van der Waals surface area contributed by atoms with Crippen LogP contribution in [0.3, 0.4) is 0 Å². The second-order valence-electron chi connectivity index (χ2n) is 5.40. The summed E-state index contributed by atoms with van der Waals surface area (Å²) in [6, 6.07) is 2.78. The van der Waals surface area contributed by atoms with E-state index in [1.807, 2.05) is 0 Å². The number of nitrogens with one attached hydrogen (secondary N) is 1. The van der Waals surface area contributed by atoms with Crippen LogP contribution in [0, 0.1) is 11.7 Å². The van der Waals surface area contributed by atoms with Crippen molar-refractivity contribution < 1.29 is 13.9 Å². The number of fused-ring (bicyclic) bond motifs is 4. The molecule has 1 aromatic rings. The van der Waals surface area contributed by atoms with Crippen LogP contribution >= 0.6 is 0 Å². The number of nitrogens with zero attached hydrogens (tertiary/aromatic N) is 2. The summed E-state index contributed by atoms with van der Waals surface area (Å²) < 4.78 is 18.8. The molecule has 3 aliphatic heterocycles. The molecule has 4 heterocycles. The Morgan fingerprint density at radius 1 is 1.45 bits per heavy atom. The van der Waals surface area contributed by atoms with Gasteiger partial charge in [-0.25, -0.2) is 9.37 Å². The predicted octanol–water partition coefficient (Wildman–Crippen LogP) is 1.05. The van der Waals surface area contributed by atoms with E-state index in [4.69, 9.17) is 4.74 Å². The van der Waals surface area contributed by atoms with E-state index in [-0.39, 0.29) is 23.5 Å². The van der Waals surface area contributed by atoms with Crippen LogP contribution in [0.15, 0.2) is 12.1 Å². The molecule has 2 atom stereocenters. The molecule has 2 unspecified atom stereocenters. The van der Waals surface area contributed by atoms with Crippen molar-refractivity contribution in [3.8, 4) is 5.88 Å². The minimum atomic E-state index is -0.594. The van der Waals surface area contributed by atoms with Crippen molar-refractivity contribution >= 4 is 5.91 Å². The SMILES string of the molecule is COc1ccc(F)c(C(=O)N2CC3CCC2CNC3)n1. The Kier molecular flexibility index (Phi) is 3.56. The predicted molar refractivity (Wildman–Crippen MR) is 71.2 cm³/mol. The van der Waals surface area contributed by atoms with Crippen molar-refractivity contribution in [1.82, 2.24) is 15.2 Å². The molecule has 6 heteroatoms. The van der Waals surface area contributed by atoms with Crippen molar-refractivity contribution in [2.75, 3.05) is 26.7 Å². The average molecular weight is 279 g/mol. The minimum Gasteiger partial charge on any atom is -0.481 e. The van der Waals surface area contributed by atoms with Crippen molar-refractivity contribution in [2.45, 2.75) is 18.9 Å². The zero-order chi connectivity index (χ0) is 14.1. The molecule has 1 aromatic heterocycles. The number of halogens is 1. The monoisotopic (exact) mass is 279 g/mol. The van der Waals surface area contributed by atoms with E-state index in [2.05, 4.69) is 10.3 Å². The molecule has 2 bridgehead atoms. The van der Waals surface area contributed by atoms with E-state index >= 15 is 0 Å². The molecular formula is C14H18FN3O2. The Labute approximate surface area is 117 Å². The first kappa shape index (κ1) is 13.3. The summed E-state index contributed by atoms with van der Waals surface area (Å²) in [7, 11) is 1.45. The van der Waals surface area contributed by atoms with Gasteiger partial charge in [0.25, 0.3) is 5.91 Å². The van der Waals surface area contributed by atoms with Crippen molar-refractivity contribution in [3.05, 3.63) is 23.6 Å². The molecule has 20 heavy (non-hydrogen) atoms. The van der Waals surface area contributed by atoms with Gasteiger partial charge in [0.2, 0.25) is 5.88 Å². The van der Waals surface area contributed by atoms with Crippen molar-refractivity contribution in [2.24, 2.45) is 5.92 Å². The number of aromatic nitrogens is 1. The maximum Gasteiger partial charge on any atom is 0.275 e. The highest BCUT2D eigenvalue weighted by atomic mass is 19.1. The fourth-order valence-electron chi connectivity index (χ4n) is 3.01. The second kappa shape index (κ2) is 5.36. The third kappa shape index (κ3) is 2.35. The van der Waals surface area contributed by atoms with E-state index in [1.165, 1.54) is 19.2 Å². The number of piperidine rings is 1. The lowest BCUT2D eigenvalue weighted by Crippen LogP contribution is -2.47. The molecule has 0 aliphatic carbocycles. The van der Waals surface area contributed by atoms with E-state index in [0.717, 1.165) is 25.9 Å². The number of carbonyl (C=O) groups is 1. The molecular weight excluding hydrogens is 261 g/mol. The van der Waals surface area contributed by atoms with Gasteiger partial charge in [0, 0.05) is 25.2 Å². The third-order valence-corrected chi connectivity index (χ3v) is 4.11. The van der Waals surface area contributed by atoms with Gasteiger partial charge in [-0.2, -0.15) is 0 Å². The van der Waals surface area contributed by atoms with Gasteiger partial charge in [-0.15, -0.1) is 0 Å². The molecule has 4 rings (SSSR count). The van der Waals surface area contributed by atoms with E-state index < -0.39 is 5.82 Å². The lowest BCUT2D eigenvalue weighted by atomic mass is 9.94. The number of hydrogen-bond donors (Lipinski definition) is 1. The number of amides is 1. The number of pyridine rings is 1. The minimum absolute atomic E-state index is 0.133. The first-order valence-electron chi connectivity index (χ1n) is 6.91. The van der Waals surface area contributed by atoms with Crippen LogP contribution in [0.4, 0.5) is 4.39 Å². The molecule has 3 saturated heterocycles. The average Bonchev–Trinajstić information content (AvgIpc) is 2.82. The van der Waals surface area contributed by atoms with Gasteiger partial charge in [0.15, 0.2) is 11.5 Å². The molecule has 108 valence electrons. The lowest BCUT2D eigenvalue weighted by molar-refractivity contribution is 0.0579. The molecule has 1 N–H and O–H groups in total. The van der Waals surface area contributed by atoms with Crippen LogP contribution in [-0.2, 0) is 0 Å². The number of carbonyl (C=O) groups excluding carboxylic acids is 1. The molecule has 0 radical (unpaired) electrons. The summed E-state index contributed by atoms with van der Waals surface area (Å²) in [6.07, 6.45) is 2.09. The largest absolute Gasteiger partial charge is 0.481 e. The smallest absolute Gasteiger partial charge is 0.275 e. The third-order valence-electron chi connectivity index (χ3n) is 4.11. The maximum atomic E-state index is 13.9. The van der Waals surface area contributed by atoms with Gasteiger partial charge in [0.1, 0.15) is 0 Å². The summed E-state index contributed by atoms with van der Waals surface area (Å²) in [6.45, 7) is 2.37. The van der Waals surface area contributed by atoms with Gasteiger partial charge in [-0.3, -0.25) is 4.79 Å². The van der Waals surface area contributed by atoms with Gasteiger partial charge < -0.3 is 15.0 Å². The van der Waals surface area contributed by atoms with E-state index in [0.29, 0.717) is 12.5 Å². The van der Waals surface area contributed by atoms with E-state index in [9.17, 15) is 9.18 Å². The van der Waals surface area contributed by atoms with Crippen LogP contribution in [0.1, 0.15) is 23.3 Å². The van der Waals surface area contributed by atoms with Crippen molar-refractivity contribution in [1.29, 1.82) is 0 Å². The van der Waals surface area contributed by atoms with E-state index in [1.54, 1.807) is 4.90 Å². The van der Waals surface area contributed by atoms with Crippen LogP contribution in [0.2, 0.25) is 0 Å². The highest BCUT2D eigenvalue weighted by molar-refractivity contribution is 5.93. The van der Waals surface area contributed by atoms with Gasteiger partial charge in [-0.05, 0) is 31.4 Å². The standard InChI is InChI=1S/C14H18FN3O2/c1-20-12-5-4-11(15)13(17-12)14(19)18-8-9-2-3-10(18)7-16-6-9/h4-5,9-10,16H,2-3,6-8H2,1H3. The number of hydrogen-bond acceptors (Lipinski definition) is 4. The summed E-state index contributed by atoms with van der Waals surface area (Å²) in [4.78, 5) is 18.3. The summed E-state index contributed by atoms with van der Waals surface area (Å²) in [5.41, 5.74) is -0.142. The highest BCUT2D eigenvalue weighted by Crippen LogP contribution is 2.26. The Bertz CT molecular complexity index is 519. The zero-order valence-electron chi connectivity index (χ0n) is 11.4. The number of rotatable bonds is 2. The first-order valence-corrected chi connectivity index (χ1v) is 6.91. The molecule has 0 aromatic carbocycles. The lowest BCUT2D eigenvalue weighted by Gasteiger charge is -2.35. The van der Waals surface area contributed by atoms with Crippen LogP contribution in [0.5, 0.6) is 5.88 Å². The van der Waals surface area contributed by atoms with Gasteiger partial charge in [-0.1, -0.05) is 0 Å². The fourth-order valence-corrected chi connectivity index (χ4v) is 3.01. The molecule has 5 nitrogen and oxygen atoms in total. The Balaban J connectivity index is 1.88. The Hall–Kier alpha value is -1.69. The summed E-state index contributed by atoms with van der Waals surface area (Å²) >= 11 is 0. The highest BCUT2D eigenvalue weighted by Gasteiger charge is 2.35. The van der Waals surface area contributed by atoms with Crippen LogP contribution in [0.25, 0.3) is 0 Å². The van der Waals surface area contributed by atoms with Crippen LogP contribution < -0.4 is 10.1 Å². The van der Waals surface area contributed by atoms with Crippen molar-refractivity contribution in [3.63, 3.8) is 0 Å². The first-order chi connectivity index (χ1) is 9.69. The second-order valence-corrected chi connectivity index (χ2v) is 5.40. The summed E-state index contributed by atoms with van der Waals surface area (Å²) in [5.74, 6) is -0.220. The molecule has 1 amide bonds. The van der Waals surface area contributed by atoms with Crippen LogP contribution in [-0.4, -0.2) is 48.6 Å². The zero-order valence-corrected chi connectivity index (χ0v) is 11.4.